The molecule has 20 heavy (non-hydrogen) atoms. The molecule has 0 spiro atoms. The van der Waals surface area contributed by atoms with Crippen LogP contribution < -0.4 is 5.32 Å². The van der Waals surface area contributed by atoms with Crippen molar-refractivity contribution in [3.63, 3.8) is 0 Å². The number of piperazine rings is 1. The van der Waals surface area contributed by atoms with Gasteiger partial charge in [0, 0.05) is 37.8 Å². The van der Waals surface area contributed by atoms with Crippen LogP contribution in [0.15, 0.2) is 18.2 Å². The Morgan fingerprint density at radius 1 is 1.20 bits per heavy atom. The molecule has 1 heterocycles. The predicted molar refractivity (Wildman–Crippen MR) is 76.7 cm³/mol. The molecule has 3 nitrogen and oxygen atoms in total. The summed E-state index contributed by atoms with van der Waals surface area (Å²) in [7, 11) is 4.15. The molecule has 1 aromatic carbocycles. The van der Waals surface area contributed by atoms with Gasteiger partial charge in [-0.2, -0.15) is 0 Å². The average molecular weight is 283 g/mol. The summed E-state index contributed by atoms with van der Waals surface area (Å²) in [6, 6.07) is 3.91. The number of nitrogens with zero attached hydrogens (tertiary/aromatic N) is 2. The van der Waals surface area contributed by atoms with Gasteiger partial charge < -0.3 is 10.2 Å². The topological polar surface area (TPSA) is 18.5 Å². The second-order valence-electron chi connectivity index (χ2n) is 5.55. The molecule has 0 aromatic heterocycles. The lowest BCUT2D eigenvalue weighted by molar-refractivity contribution is 0.0879. The van der Waals surface area contributed by atoms with Crippen molar-refractivity contribution < 1.29 is 8.78 Å². The third kappa shape index (κ3) is 3.53. The van der Waals surface area contributed by atoms with E-state index in [4.69, 9.17) is 0 Å². The van der Waals surface area contributed by atoms with Gasteiger partial charge in [0.05, 0.1) is 0 Å². The third-order valence-electron chi connectivity index (χ3n) is 3.95. The van der Waals surface area contributed by atoms with E-state index in [9.17, 15) is 8.78 Å². The van der Waals surface area contributed by atoms with Gasteiger partial charge in [-0.05, 0) is 38.3 Å². The molecule has 2 atom stereocenters. The van der Waals surface area contributed by atoms with Crippen LogP contribution in [0.5, 0.6) is 0 Å². The Morgan fingerprint density at radius 3 is 2.45 bits per heavy atom. The van der Waals surface area contributed by atoms with Crippen molar-refractivity contribution in [3.05, 3.63) is 35.4 Å². The number of nitrogens with one attached hydrogen (secondary N) is 1. The first-order valence-corrected chi connectivity index (χ1v) is 7.09. The normalized spacial score (nSPS) is 22.9. The van der Waals surface area contributed by atoms with Crippen molar-refractivity contribution in [2.75, 3.05) is 40.3 Å². The molecule has 0 radical (unpaired) electrons. The first kappa shape index (κ1) is 15.4. The fourth-order valence-corrected chi connectivity index (χ4v) is 2.85. The van der Waals surface area contributed by atoms with Gasteiger partial charge in [0.15, 0.2) is 0 Å². The van der Waals surface area contributed by atoms with E-state index in [2.05, 4.69) is 29.2 Å². The van der Waals surface area contributed by atoms with E-state index in [1.165, 1.54) is 12.1 Å². The third-order valence-corrected chi connectivity index (χ3v) is 3.95. The summed E-state index contributed by atoms with van der Waals surface area (Å²) in [5.74, 6) is -1.04. The Bertz CT molecular complexity index is 432. The van der Waals surface area contributed by atoms with Crippen molar-refractivity contribution in [2.45, 2.75) is 19.0 Å². The van der Waals surface area contributed by atoms with Gasteiger partial charge in [0.1, 0.15) is 11.6 Å². The summed E-state index contributed by atoms with van der Waals surface area (Å²) in [6.45, 7) is 5.63. The molecule has 1 saturated heterocycles. The van der Waals surface area contributed by atoms with E-state index in [-0.39, 0.29) is 12.1 Å². The summed E-state index contributed by atoms with van der Waals surface area (Å²) in [5, 5.41) is 3.37. The maximum Gasteiger partial charge on any atom is 0.126 e. The molecule has 1 aliphatic rings. The zero-order chi connectivity index (χ0) is 14.7. The fraction of sp³-hybridized carbons (Fsp3) is 0.600. The maximum atomic E-state index is 13.5. The van der Waals surface area contributed by atoms with E-state index in [0.29, 0.717) is 5.56 Å². The Labute approximate surface area is 119 Å². The Kier molecular flexibility index (Phi) is 5.07. The fourth-order valence-electron chi connectivity index (χ4n) is 2.85. The minimum Gasteiger partial charge on any atom is -0.309 e. The number of hydrogen-bond donors (Lipinski definition) is 1. The van der Waals surface area contributed by atoms with Crippen molar-refractivity contribution >= 4 is 0 Å². The molecular formula is C15H23F2N3. The monoisotopic (exact) mass is 283 g/mol. The summed E-state index contributed by atoms with van der Waals surface area (Å²) in [4.78, 5) is 4.51. The molecule has 2 unspecified atom stereocenters. The molecule has 112 valence electrons. The van der Waals surface area contributed by atoms with Crippen molar-refractivity contribution in [2.24, 2.45) is 0 Å². The van der Waals surface area contributed by atoms with Gasteiger partial charge in [-0.3, -0.25) is 4.90 Å². The highest BCUT2D eigenvalue weighted by atomic mass is 19.1. The minimum atomic E-state index is -0.519. The number of benzene rings is 1. The van der Waals surface area contributed by atoms with Crippen LogP contribution in [0.2, 0.25) is 0 Å². The molecule has 5 heteroatoms. The lowest BCUT2D eigenvalue weighted by atomic mass is 9.96. The highest BCUT2D eigenvalue weighted by Crippen LogP contribution is 2.24. The van der Waals surface area contributed by atoms with Crippen LogP contribution in [0.25, 0.3) is 0 Å². The number of likely N-dealkylation sites (N-methyl/N-ethyl adjacent to an activating group) is 3. The van der Waals surface area contributed by atoms with Crippen LogP contribution in [0.4, 0.5) is 8.78 Å². The van der Waals surface area contributed by atoms with E-state index in [1.807, 2.05) is 6.92 Å². The first-order valence-electron chi connectivity index (χ1n) is 7.09. The van der Waals surface area contributed by atoms with Crippen LogP contribution in [0, 0.1) is 11.6 Å². The molecule has 0 bridgehead atoms. The molecule has 1 N–H and O–H groups in total. The van der Waals surface area contributed by atoms with E-state index < -0.39 is 11.6 Å². The number of halogens is 2. The number of hydrogen-bond acceptors (Lipinski definition) is 3. The first-order chi connectivity index (χ1) is 9.51. The quantitative estimate of drug-likeness (QED) is 0.910. The Balaban J connectivity index is 2.29. The SMILES string of the molecule is CCNC(c1cc(F)cc(F)c1)C1CN(C)CCN1C. The van der Waals surface area contributed by atoms with E-state index >= 15 is 0 Å². The predicted octanol–water partition coefficient (Wildman–Crippen LogP) is 1.86. The lowest BCUT2D eigenvalue weighted by Crippen LogP contribution is -2.55. The van der Waals surface area contributed by atoms with Crippen molar-refractivity contribution in [1.29, 1.82) is 0 Å². The zero-order valence-corrected chi connectivity index (χ0v) is 12.4. The second-order valence-corrected chi connectivity index (χ2v) is 5.55. The second kappa shape index (κ2) is 6.61. The van der Waals surface area contributed by atoms with Crippen LogP contribution in [0.1, 0.15) is 18.5 Å². The molecule has 1 aliphatic heterocycles. The summed E-state index contributed by atoms with van der Waals surface area (Å²) in [6.07, 6.45) is 0. The van der Waals surface area contributed by atoms with E-state index in [1.54, 1.807) is 0 Å². The number of rotatable bonds is 4. The molecular weight excluding hydrogens is 260 g/mol. The largest absolute Gasteiger partial charge is 0.309 e. The lowest BCUT2D eigenvalue weighted by Gasteiger charge is -2.42. The molecule has 1 aromatic rings. The van der Waals surface area contributed by atoms with Crippen LogP contribution in [-0.2, 0) is 0 Å². The molecule has 0 amide bonds. The summed E-state index contributed by atoms with van der Waals surface area (Å²) < 4.78 is 27.0. The van der Waals surface area contributed by atoms with Crippen LogP contribution in [-0.4, -0.2) is 56.1 Å². The van der Waals surface area contributed by atoms with Gasteiger partial charge in [-0.15, -0.1) is 0 Å². The smallest absolute Gasteiger partial charge is 0.126 e. The highest BCUT2D eigenvalue weighted by molar-refractivity contribution is 5.23. The van der Waals surface area contributed by atoms with Gasteiger partial charge in [-0.25, -0.2) is 8.78 Å². The molecule has 0 aliphatic carbocycles. The van der Waals surface area contributed by atoms with Crippen molar-refractivity contribution in [3.8, 4) is 0 Å². The van der Waals surface area contributed by atoms with Gasteiger partial charge >= 0.3 is 0 Å². The minimum absolute atomic E-state index is 0.0713. The van der Waals surface area contributed by atoms with Crippen molar-refractivity contribution in [1.82, 2.24) is 15.1 Å². The van der Waals surface area contributed by atoms with Gasteiger partial charge in [0.2, 0.25) is 0 Å². The van der Waals surface area contributed by atoms with Gasteiger partial charge in [-0.1, -0.05) is 6.92 Å². The van der Waals surface area contributed by atoms with Crippen LogP contribution in [0.3, 0.4) is 0 Å². The summed E-state index contributed by atoms with van der Waals surface area (Å²) >= 11 is 0. The van der Waals surface area contributed by atoms with Gasteiger partial charge in [0.25, 0.3) is 0 Å². The molecule has 2 rings (SSSR count). The zero-order valence-electron chi connectivity index (χ0n) is 12.4. The average Bonchev–Trinajstić information content (AvgIpc) is 2.38. The molecule has 0 saturated carbocycles. The highest BCUT2D eigenvalue weighted by Gasteiger charge is 2.30. The Hall–Kier alpha value is -1.04. The van der Waals surface area contributed by atoms with Crippen LogP contribution >= 0.6 is 0 Å². The molecule has 1 fully saturated rings. The Morgan fingerprint density at radius 2 is 1.85 bits per heavy atom. The summed E-state index contributed by atoms with van der Waals surface area (Å²) in [5.41, 5.74) is 0.677. The van der Waals surface area contributed by atoms with E-state index in [0.717, 1.165) is 32.2 Å². The maximum absolute atomic E-state index is 13.5. The standard InChI is InChI=1S/C15H23F2N3/c1-4-18-15(11-7-12(16)9-13(17)8-11)14-10-19(2)5-6-20(14)3/h7-9,14-15,18H,4-6,10H2,1-3H3.